The molecule has 0 spiro atoms. The molecule has 0 aliphatic carbocycles. The number of halogens is 1. The van der Waals surface area contributed by atoms with Crippen LogP contribution in [0.25, 0.3) is 0 Å². The number of unbranched alkanes of at least 4 members (excludes halogenated alkanes) is 3. The van der Waals surface area contributed by atoms with Gasteiger partial charge in [-0.2, -0.15) is 0 Å². The molecular weight excluding hydrogens is 329 g/mol. The fourth-order valence-corrected chi connectivity index (χ4v) is 3.12. The normalized spacial score (nSPS) is 24.2. The molecule has 1 rings (SSSR count). The largest absolute Gasteiger partial charge is 0.443 e. The molecule has 2 atom stereocenters. The van der Waals surface area contributed by atoms with Crippen LogP contribution < -0.4 is 0 Å². The molecule has 0 aromatic rings. The van der Waals surface area contributed by atoms with Gasteiger partial charge in [0.2, 0.25) is 0 Å². The maximum absolute atomic E-state index is 11.8. The fraction of sp³-hybridized carbons (Fsp3) is 0.923. The Kier molecular flexibility index (Phi) is 7.23. The second-order valence-corrected chi connectivity index (χ2v) is 5.57. The second-order valence-electron chi connectivity index (χ2n) is 4.69. The maximum Gasteiger partial charge on any atom is 0.410 e. The van der Waals surface area contributed by atoms with Gasteiger partial charge in [0, 0.05) is 11.0 Å². The minimum Gasteiger partial charge on any atom is -0.443 e. The van der Waals surface area contributed by atoms with E-state index in [1.807, 2.05) is 4.90 Å². The number of alkyl halides is 1. The summed E-state index contributed by atoms with van der Waals surface area (Å²) in [5.41, 5.74) is 0. The number of carbonyl (C=O) groups excluding carboxylic acids is 1. The van der Waals surface area contributed by atoms with Crippen LogP contribution in [-0.2, 0) is 4.74 Å². The molecule has 3 nitrogen and oxygen atoms in total. The van der Waals surface area contributed by atoms with Crippen molar-refractivity contribution in [2.24, 2.45) is 0 Å². The Bertz CT molecular complexity index is 235. The molecule has 1 saturated heterocycles. The predicted molar refractivity (Wildman–Crippen MR) is 78.7 cm³/mol. The summed E-state index contributed by atoms with van der Waals surface area (Å²) in [6.45, 7) is 5.25. The zero-order valence-corrected chi connectivity index (χ0v) is 13.1. The van der Waals surface area contributed by atoms with Crippen molar-refractivity contribution in [1.82, 2.24) is 4.90 Å². The lowest BCUT2D eigenvalue weighted by atomic mass is 10.1. The van der Waals surface area contributed by atoms with Crippen LogP contribution in [0.4, 0.5) is 4.79 Å². The van der Waals surface area contributed by atoms with Crippen molar-refractivity contribution in [3.63, 3.8) is 0 Å². The SMILES string of the molecule is CCCCCCN1C(=O)O[C@@H](CI)[C@H]1CCC. The lowest BCUT2D eigenvalue weighted by molar-refractivity contribution is 0.139. The molecule has 4 heteroatoms. The van der Waals surface area contributed by atoms with Gasteiger partial charge < -0.3 is 9.64 Å². The molecule has 17 heavy (non-hydrogen) atoms. The van der Waals surface area contributed by atoms with Gasteiger partial charge in [-0.25, -0.2) is 4.79 Å². The van der Waals surface area contributed by atoms with Gasteiger partial charge in [0.05, 0.1) is 6.04 Å². The Labute approximate surface area is 118 Å². The molecule has 1 heterocycles. The van der Waals surface area contributed by atoms with E-state index in [2.05, 4.69) is 36.4 Å². The van der Waals surface area contributed by atoms with Gasteiger partial charge in [-0.3, -0.25) is 0 Å². The zero-order valence-electron chi connectivity index (χ0n) is 11.0. The van der Waals surface area contributed by atoms with Crippen molar-refractivity contribution >= 4 is 28.7 Å². The first kappa shape index (κ1) is 15.1. The van der Waals surface area contributed by atoms with Crippen molar-refractivity contribution in [2.45, 2.75) is 64.5 Å². The van der Waals surface area contributed by atoms with Crippen molar-refractivity contribution < 1.29 is 9.53 Å². The van der Waals surface area contributed by atoms with E-state index >= 15 is 0 Å². The standard InChI is InChI=1S/C13H24INO2/c1-3-5-6-7-9-15-11(8-4-2)12(10-14)17-13(15)16/h11-12H,3-10H2,1-2H3/t11-,12+/m1/s1. The number of hydrogen-bond donors (Lipinski definition) is 0. The number of carbonyl (C=O) groups is 1. The van der Waals surface area contributed by atoms with Crippen LogP contribution in [0.1, 0.15) is 52.4 Å². The molecule has 100 valence electrons. The highest BCUT2D eigenvalue weighted by Crippen LogP contribution is 2.25. The minimum atomic E-state index is -0.0957. The Morgan fingerprint density at radius 3 is 2.59 bits per heavy atom. The Hall–Kier alpha value is 0. The van der Waals surface area contributed by atoms with Gasteiger partial charge in [0.1, 0.15) is 6.10 Å². The lowest BCUT2D eigenvalue weighted by Gasteiger charge is -2.23. The fourth-order valence-electron chi connectivity index (χ4n) is 2.35. The molecule has 1 fully saturated rings. The number of nitrogens with zero attached hydrogens (tertiary/aromatic N) is 1. The van der Waals surface area contributed by atoms with Gasteiger partial charge >= 0.3 is 6.09 Å². The van der Waals surface area contributed by atoms with Crippen LogP contribution in [0.15, 0.2) is 0 Å². The third-order valence-electron chi connectivity index (χ3n) is 3.31. The first-order valence-electron chi connectivity index (χ1n) is 6.77. The van der Waals surface area contributed by atoms with Crippen molar-refractivity contribution in [3.05, 3.63) is 0 Å². The summed E-state index contributed by atoms with van der Waals surface area (Å²) in [6.07, 6.45) is 7.00. The average Bonchev–Trinajstić information content (AvgIpc) is 2.62. The Balaban J connectivity index is 2.45. The van der Waals surface area contributed by atoms with Crippen LogP contribution in [0.2, 0.25) is 0 Å². The van der Waals surface area contributed by atoms with E-state index in [4.69, 9.17) is 4.74 Å². The van der Waals surface area contributed by atoms with E-state index < -0.39 is 0 Å². The van der Waals surface area contributed by atoms with E-state index in [-0.39, 0.29) is 12.2 Å². The topological polar surface area (TPSA) is 29.5 Å². The van der Waals surface area contributed by atoms with E-state index in [0.717, 1.165) is 30.2 Å². The molecule has 1 aliphatic heterocycles. The summed E-state index contributed by atoms with van der Waals surface area (Å²) in [4.78, 5) is 13.8. The van der Waals surface area contributed by atoms with Crippen LogP contribution in [0.3, 0.4) is 0 Å². The summed E-state index contributed by atoms with van der Waals surface area (Å²) in [6, 6.07) is 0.311. The first-order chi connectivity index (χ1) is 8.24. The number of ether oxygens (including phenoxy) is 1. The van der Waals surface area contributed by atoms with Crippen molar-refractivity contribution in [1.29, 1.82) is 0 Å². The molecule has 0 radical (unpaired) electrons. The number of hydrogen-bond acceptors (Lipinski definition) is 2. The van der Waals surface area contributed by atoms with E-state index in [1.165, 1.54) is 19.3 Å². The highest BCUT2D eigenvalue weighted by Gasteiger charge is 2.39. The lowest BCUT2D eigenvalue weighted by Crippen LogP contribution is -2.37. The summed E-state index contributed by atoms with van der Waals surface area (Å²) >= 11 is 2.31. The third kappa shape index (κ3) is 4.30. The molecule has 0 N–H and O–H groups in total. The number of cyclic esters (lactones) is 1. The molecule has 1 amide bonds. The summed E-state index contributed by atoms with van der Waals surface area (Å²) in [7, 11) is 0. The Morgan fingerprint density at radius 2 is 2.00 bits per heavy atom. The third-order valence-corrected chi connectivity index (χ3v) is 4.17. The monoisotopic (exact) mass is 353 g/mol. The zero-order chi connectivity index (χ0) is 12.7. The molecule has 0 unspecified atom stereocenters. The van der Waals surface area contributed by atoms with Gasteiger partial charge in [-0.1, -0.05) is 62.1 Å². The van der Waals surface area contributed by atoms with Crippen molar-refractivity contribution in [2.75, 3.05) is 11.0 Å². The van der Waals surface area contributed by atoms with Crippen LogP contribution >= 0.6 is 22.6 Å². The Morgan fingerprint density at radius 1 is 1.24 bits per heavy atom. The molecule has 0 aromatic carbocycles. The van der Waals surface area contributed by atoms with Gasteiger partial charge in [0.25, 0.3) is 0 Å². The first-order valence-corrected chi connectivity index (χ1v) is 8.30. The van der Waals surface area contributed by atoms with Gasteiger partial charge in [-0.15, -0.1) is 0 Å². The molecular formula is C13H24INO2. The second kappa shape index (κ2) is 8.16. The molecule has 0 bridgehead atoms. The average molecular weight is 353 g/mol. The van der Waals surface area contributed by atoms with E-state index in [1.54, 1.807) is 0 Å². The minimum absolute atomic E-state index is 0.0957. The summed E-state index contributed by atoms with van der Waals surface area (Å²) in [5.74, 6) is 0. The van der Waals surface area contributed by atoms with Crippen LogP contribution in [0.5, 0.6) is 0 Å². The predicted octanol–water partition coefficient (Wildman–Crippen LogP) is 3.99. The summed E-state index contributed by atoms with van der Waals surface area (Å²) < 4.78 is 6.33. The summed E-state index contributed by atoms with van der Waals surface area (Å²) in [5, 5.41) is 0. The quantitative estimate of drug-likeness (QED) is 0.375. The maximum atomic E-state index is 11.8. The van der Waals surface area contributed by atoms with E-state index in [9.17, 15) is 4.79 Å². The highest BCUT2D eigenvalue weighted by molar-refractivity contribution is 14.1. The van der Waals surface area contributed by atoms with Gasteiger partial charge in [-0.05, 0) is 12.8 Å². The number of rotatable bonds is 8. The van der Waals surface area contributed by atoms with E-state index in [0.29, 0.717) is 6.04 Å². The van der Waals surface area contributed by atoms with Crippen molar-refractivity contribution in [3.8, 4) is 0 Å². The highest BCUT2D eigenvalue weighted by atomic mass is 127. The molecule has 1 aliphatic rings. The number of amides is 1. The molecule has 0 saturated carbocycles. The van der Waals surface area contributed by atoms with Crippen LogP contribution in [0, 0.1) is 0 Å². The van der Waals surface area contributed by atoms with Crippen LogP contribution in [-0.4, -0.2) is 34.1 Å². The smallest absolute Gasteiger partial charge is 0.410 e. The van der Waals surface area contributed by atoms with Gasteiger partial charge in [0.15, 0.2) is 0 Å². The molecule has 0 aromatic heterocycles.